The molecule has 0 aliphatic carbocycles. The fourth-order valence-electron chi connectivity index (χ4n) is 2.63. The Morgan fingerprint density at radius 3 is 2.96 bits per heavy atom. The van der Waals surface area contributed by atoms with Crippen LogP contribution >= 0.6 is 0 Å². The first-order chi connectivity index (χ1) is 11.3. The minimum Gasteiger partial charge on any atom is -0.346 e. The molecule has 0 bridgehead atoms. The molecule has 2 N–H and O–H groups in total. The second-order valence-electron chi connectivity index (χ2n) is 5.73. The molecule has 0 unspecified atom stereocenters. The number of hydrogen-bond acceptors (Lipinski definition) is 2. The number of amides is 1. The maximum atomic E-state index is 11.9. The molecule has 0 spiro atoms. The van der Waals surface area contributed by atoms with Crippen molar-refractivity contribution in [2.45, 2.75) is 32.6 Å². The molecule has 3 aromatic rings. The number of carbonyl (C=O) groups is 1. The first-order valence-electron chi connectivity index (χ1n) is 8.09. The van der Waals surface area contributed by atoms with E-state index in [-0.39, 0.29) is 5.91 Å². The van der Waals surface area contributed by atoms with Crippen LogP contribution in [-0.4, -0.2) is 15.9 Å². The number of carbonyl (C=O) groups excluding carboxylic acids is 1. The van der Waals surface area contributed by atoms with E-state index in [2.05, 4.69) is 28.3 Å². The molecule has 2 heterocycles. The van der Waals surface area contributed by atoms with Crippen molar-refractivity contribution < 1.29 is 4.79 Å². The van der Waals surface area contributed by atoms with Crippen molar-refractivity contribution in [3.8, 4) is 11.1 Å². The fraction of sp³-hybridized carbons (Fsp3) is 0.263. The molecule has 4 heteroatoms. The predicted octanol–water partition coefficient (Wildman–Crippen LogP) is 4.75. The van der Waals surface area contributed by atoms with Gasteiger partial charge in [-0.15, -0.1) is 0 Å². The predicted molar refractivity (Wildman–Crippen MR) is 94.3 cm³/mol. The van der Waals surface area contributed by atoms with Gasteiger partial charge in [0.2, 0.25) is 5.91 Å². The van der Waals surface area contributed by atoms with Crippen LogP contribution in [0.15, 0.2) is 48.8 Å². The van der Waals surface area contributed by atoms with Crippen LogP contribution in [0.3, 0.4) is 0 Å². The van der Waals surface area contributed by atoms with Gasteiger partial charge in [-0.1, -0.05) is 31.9 Å². The zero-order valence-corrected chi connectivity index (χ0v) is 13.3. The third-order valence-corrected chi connectivity index (χ3v) is 3.89. The van der Waals surface area contributed by atoms with E-state index in [0.29, 0.717) is 6.42 Å². The second-order valence-corrected chi connectivity index (χ2v) is 5.73. The number of benzene rings is 1. The Morgan fingerprint density at radius 2 is 2.09 bits per heavy atom. The highest BCUT2D eigenvalue weighted by Crippen LogP contribution is 2.24. The second kappa shape index (κ2) is 7.09. The number of nitrogens with zero attached hydrogens (tertiary/aromatic N) is 1. The summed E-state index contributed by atoms with van der Waals surface area (Å²) in [6.07, 6.45) is 7.47. The molecule has 2 aromatic heterocycles. The molecule has 23 heavy (non-hydrogen) atoms. The first kappa shape index (κ1) is 15.3. The summed E-state index contributed by atoms with van der Waals surface area (Å²) in [6.45, 7) is 2.14. The van der Waals surface area contributed by atoms with E-state index in [4.69, 9.17) is 0 Å². The lowest BCUT2D eigenvalue weighted by molar-refractivity contribution is -0.116. The number of unbranched alkanes of at least 4 members (excludes halogenated alkanes) is 2. The minimum absolute atomic E-state index is 0.0785. The molecule has 0 radical (unpaired) electrons. The molecule has 0 fully saturated rings. The molecule has 3 rings (SSSR count). The molecule has 0 aliphatic rings. The van der Waals surface area contributed by atoms with Gasteiger partial charge in [0.1, 0.15) is 5.65 Å². The number of nitrogens with one attached hydrogen (secondary N) is 2. The van der Waals surface area contributed by atoms with Crippen LogP contribution in [0, 0.1) is 0 Å². The molecular formula is C19H21N3O. The number of H-pyrrole nitrogens is 1. The SMILES string of the molecule is CCCCCC(=O)Nc1cccc(-c2cnc3[nH]ccc3c2)c1. The smallest absolute Gasteiger partial charge is 0.224 e. The van der Waals surface area contributed by atoms with Crippen molar-refractivity contribution in [3.63, 3.8) is 0 Å². The third-order valence-electron chi connectivity index (χ3n) is 3.89. The van der Waals surface area contributed by atoms with Crippen LogP contribution in [0.1, 0.15) is 32.6 Å². The molecule has 0 saturated heterocycles. The van der Waals surface area contributed by atoms with Crippen molar-refractivity contribution in [3.05, 3.63) is 48.8 Å². The monoisotopic (exact) mass is 307 g/mol. The van der Waals surface area contributed by atoms with E-state index >= 15 is 0 Å². The Hall–Kier alpha value is -2.62. The van der Waals surface area contributed by atoms with Gasteiger partial charge in [0.25, 0.3) is 0 Å². The van der Waals surface area contributed by atoms with Gasteiger partial charge in [-0.25, -0.2) is 4.98 Å². The number of fused-ring (bicyclic) bond motifs is 1. The van der Waals surface area contributed by atoms with Crippen molar-refractivity contribution in [1.82, 2.24) is 9.97 Å². The van der Waals surface area contributed by atoms with Gasteiger partial charge in [-0.2, -0.15) is 0 Å². The van der Waals surface area contributed by atoms with Crippen LogP contribution in [0.4, 0.5) is 5.69 Å². The maximum absolute atomic E-state index is 11.9. The van der Waals surface area contributed by atoms with Crippen LogP contribution < -0.4 is 5.32 Å². The number of anilines is 1. The Balaban J connectivity index is 1.75. The molecule has 1 amide bonds. The van der Waals surface area contributed by atoms with Crippen LogP contribution in [-0.2, 0) is 4.79 Å². The van der Waals surface area contributed by atoms with E-state index in [1.54, 1.807) is 0 Å². The van der Waals surface area contributed by atoms with Crippen molar-refractivity contribution >= 4 is 22.6 Å². The zero-order chi connectivity index (χ0) is 16.1. The summed E-state index contributed by atoms with van der Waals surface area (Å²) in [6, 6.07) is 12.0. The quantitative estimate of drug-likeness (QED) is 0.646. The topological polar surface area (TPSA) is 57.8 Å². The first-order valence-corrected chi connectivity index (χ1v) is 8.09. The highest BCUT2D eigenvalue weighted by atomic mass is 16.1. The average molecular weight is 307 g/mol. The van der Waals surface area contributed by atoms with Crippen molar-refractivity contribution in [1.29, 1.82) is 0 Å². The summed E-state index contributed by atoms with van der Waals surface area (Å²) < 4.78 is 0. The molecule has 4 nitrogen and oxygen atoms in total. The van der Waals surface area contributed by atoms with E-state index in [0.717, 1.165) is 47.1 Å². The largest absolute Gasteiger partial charge is 0.346 e. The molecule has 118 valence electrons. The lowest BCUT2D eigenvalue weighted by Gasteiger charge is -2.08. The average Bonchev–Trinajstić information content (AvgIpc) is 3.03. The summed E-state index contributed by atoms with van der Waals surface area (Å²) in [5, 5.41) is 4.06. The zero-order valence-electron chi connectivity index (χ0n) is 13.3. The normalized spacial score (nSPS) is 10.8. The number of aromatic amines is 1. The highest BCUT2D eigenvalue weighted by molar-refractivity contribution is 5.91. The van der Waals surface area contributed by atoms with E-state index in [1.165, 1.54) is 0 Å². The molecule has 0 aliphatic heterocycles. The van der Waals surface area contributed by atoms with Crippen molar-refractivity contribution in [2.24, 2.45) is 0 Å². The lowest BCUT2D eigenvalue weighted by atomic mass is 10.1. The lowest BCUT2D eigenvalue weighted by Crippen LogP contribution is -2.10. The van der Waals surface area contributed by atoms with Crippen LogP contribution in [0.5, 0.6) is 0 Å². The van der Waals surface area contributed by atoms with Gasteiger partial charge in [0.15, 0.2) is 0 Å². The summed E-state index contributed by atoms with van der Waals surface area (Å²) in [5.74, 6) is 0.0785. The summed E-state index contributed by atoms with van der Waals surface area (Å²) >= 11 is 0. The molecule has 1 aromatic carbocycles. The van der Waals surface area contributed by atoms with E-state index in [9.17, 15) is 4.79 Å². The molecule has 0 saturated carbocycles. The molecule has 0 atom stereocenters. The van der Waals surface area contributed by atoms with Crippen molar-refractivity contribution in [2.75, 3.05) is 5.32 Å². The number of hydrogen-bond donors (Lipinski definition) is 2. The Bertz CT molecular complexity index is 807. The Labute approximate surface area is 136 Å². The summed E-state index contributed by atoms with van der Waals surface area (Å²) in [7, 11) is 0. The number of aromatic nitrogens is 2. The fourth-order valence-corrected chi connectivity index (χ4v) is 2.63. The van der Waals surface area contributed by atoms with E-state index in [1.807, 2.05) is 42.7 Å². The highest BCUT2D eigenvalue weighted by Gasteiger charge is 2.05. The van der Waals surface area contributed by atoms with Crippen LogP contribution in [0.25, 0.3) is 22.2 Å². The Morgan fingerprint density at radius 1 is 1.17 bits per heavy atom. The number of rotatable bonds is 6. The van der Waals surface area contributed by atoms with E-state index < -0.39 is 0 Å². The number of pyridine rings is 1. The maximum Gasteiger partial charge on any atom is 0.224 e. The standard InChI is InChI=1S/C19H21N3O/c1-2-3-4-8-18(23)22-17-7-5-6-14(12-17)16-11-15-9-10-20-19(15)21-13-16/h5-7,9-13H,2-4,8H2,1H3,(H,20,21)(H,22,23). The Kier molecular flexibility index (Phi) is 4.71. The summed E-state index contributed by atoms with van der Waals surface area (Å²) in [5.41, 5.74) is 3.80. The van der Waals surface area contributed by atoms with Gasteiger partial charge in [-0.3, -0.25) is 4.79 Å². The van der Waals surface area contributed by atoms with Gasteiger partial charge in [-0.05, 0) is 36.2 Å². The van der Waals surface area contributed by atoms with Gasteiger partial charge in [0, 0.05) is 35.5 Å². The van der Waals surface area contributed by atoms with Gasteiger partial charge >= 0.3 is 0 Å². The van der Waals surface area contributed by atoms with Gasteiger partial charge in [0.05, 0.1) is 0 Å². The third kappa shape index (κ3) is 3.77. The van der Waals surface area contributed by atoms with Gasteiger partial charge < -0.3 is 10.3 Å². The minimum atomic E-state index is 0.0785. The van der Waals surface area contributed by atoms with Crippen LogP contribution in [0.2, 0.25) is 0 Å². The molecular weight excluding hydrogens is 286 g/mol. The summed E-state index contributed by atoms with van der Waals surface area (Å²) in [4.78, 5) is 19.5.